The molecule has 1 unspecified atom stereocenters. The second-order valence-electron chi connectivity index (χ2n) is 6.36. The second kappa shape index (κ2) is 7.21. The van der Waals surface area contributed by atoms with Crippen molar-refractivity contribution < 1.29 is 9.32 Å². The summed E-state index contributed by atoms with van der Waals surface area (Å²) in [6, 6.07) is 7.94. The van der Waals surface area contributed by atoms with Crippen LogP contribution >= 0.6 is 11.6 Å². The first-order valence-corrected chi connectivity index (χ1v) is 8.55. The molecule has 0 radical (unpaired) electrons. The van der Waals surface area contributed by atoms with Gasteiger partial charge >= 0.3 is 6.01 Å². The Morgan fingerprint density at radius 1 is 1.46 bits per heavy atom. The third-order valence-electron chi connectivity index (χ3n) is 4.06. The van der Waals surface area contributed by atoms with Gasteiger partial charge in [-0.05, 0) is 25.0 Å². The monoisotopic (exact) mass is 348 g/mol. The molecule has 2 heterocycles. The van der Waals surface area contributed by atoms with Crippen LogP contribution in [0.15, 0.2) is 28.8 Å². The zero-order valence-corrected chi connectivity index (χ0v) is 14.6. The molecule has 7 heteroatoms. The number of nitrogens with zero attached hydrogens (tertiary/aromatic N) is 3. The van der Waals surface area contributed by atoms with Crippen LogP contribution in [0.1, 0.15) is 26.7 Å². The molecule has 0 spiro atoms. The van der Waals surface area contributed by atoms with Crippen LogP contribution in [-0.4, -0.2) is 35.2 Å². The van der Waals surface area contributed by atoms with E-state index in [1.165, 1.54) is 0 Å². The highest BCUT2D eigenvalue weighted by Gasteiger charge is 2.25. The van der Waals surface area contributed by atoms with Gasteiger partial charge in [0.25, 0.3) is 0 Å². The van der Waals surface area contributed by atoms with Crippen LogP contribution in [0.4, 0.5) is 6.01 Å². The highest BCUT2D eigenvalue weighted by molar-refractivity contribution is 6.30. The second-order valence-corrected chi connectivity index (χ2v) is 6.80. The number of aromatic nitrogens is 2. The van der Waals surface area contributed by atoms with E-state index >= 15 is 0 Å². The minimum absolute atomic E-state index is 0.0155. The molecule has 128 valence electrons. The fourth-order valence-electron chi connectivity index (χ4n) is 2.73. The molecule has 0 aliphatic carbocycles. The number of rotatable bonds is 4. The molecular formula is C17H21ClN4O2. The summed E-state index contributed by atoms with van der Waals surface area (Å²) in [5, 5.41) is 7.75. The molecule has 2 aromatic rings. The predicted octanol–water partition coefficient (Wildman–Crippen LogP) is 3.13. The molecule has 1 saturated heterocycles. The lowest BCUT2D eigenvalue weighted by Crippen LogP contribution is -2.48. The molecule has 24 heavy (non-hydrogen) atoms. The summed E-state index contributed by atoms with van der Waals surface area (Å²) >= 11 is 6.01. The topological polar surface area (TPSA) is 71.3 Å². The number of carbonyl (C=O) groups excluding carboxylic acids is 1. The summed E-state index contributed by atoms with van der Waals surface area (Å²) in [6.45, 7) is 5.30. The Morgan fingerprint density at radius 3 is 3.04 bits per heavy atom. The number of carbonyl (C=O) groups is 1. The van der Waals surface area contributed by atoms with Gasteiger partial charge in [-0.1, -0.05) is 42.7 Å². The van der Waals surface area contributed by atoms with Crippen LogP contribution in [0.5, 0.6) is 0 Å². The van der Waals surface area contributed by atoms with E-state index in [0.29, 0.717) is 23.4 Å². The van der Waals surface area contributed by atoms with Gasteiger partial charge in [0.2, 0.25) is 11.7 Å². The number of amides is 1. The fraction of sp³-hybridized carbons (Fsp3) is 0.471. The van der Waals surface area contributed by atoms with Crippen LogP contribution in [0.3, 0.4) is 0 Å². The van der Waals surface area contributed by atoms with Crippen molar-refractivity contribution in [2.45, 2.75) is 32.7 Å². The molecule has 1 aliphatic rings. The molecule has 1 aromatic carbocycles. The summed E-state index contributed by atoms with van der Waals surface area (Å²) in [5.41, 5.74) is 0.819. The largest absolute Gasteiger partial charge is 0.351 e. The van der Waals surface area contributed by atoms with E-state index < -0.39 is 0 Å². The van der Waals surface area contributed by atoms with Crippen LogP contribution in [0.25, 0.3) is 11.4 Å². The van der Waals surface area contributed by atoms with Crippen molar-refractivity contribution >= 4 is 23.5 Å². The normalized spacial score (nSPS) is 18.0. The molecule has 1 N–H and O–H groups in total. The number of halogens is 1. The molecule has 1 aromatic heterocycles. The maximum absolute atomic E-state index is 11.9. The van der Waals surface area contributed by atoms with Gasteiger partial charge < -0.3 is 14.7 Å². The zero-order valence-electron chi connectivity index (χ0n) is 13.8. The standard InChI is InChI=1S/C17H21ClN4O2/c1-11(2)16(23)19-14-7-4-8-22(10-14)17-20-15(21-24-17)12-5-3-6-13(18)9-12/h3,5-6,9,11,14H,4,7-8,10H2,1-2H3,(H,19,23). The average Bonchev–Trinajstić information content (AvgIpc) is 3.05. The summed E-state index contributed by atoms with van der Waals surface area (Å²) in [4.78, 5) is 18.4. The van der Waals surface area contributed by atoms with Gasteiger partial charge in [-0.3, -0.25) is 4.79 Å². The Bertz CT molecular complexity index is 716. The summed E-state index contributed by atoms with van der Waals surface area (Å²) < 4.78 is 5.41. The van der Waals surface area contributed by atoms with E-state index in [1.54, 1.807) is 12.1 Å². The highest BCUT2D eigenvalue weighted by atomic mass is 35.5. The maximum atomic E-state index is 11.9. The smallest absolute Gasteiger partial charge is 0.324 e. The molecule has 1 atom stereocenters. The number of piperidine rings is 1. The van der Waals surface area contributed by atoms with E-state index in [9.17, 15) is 4.79 Å². The number of hydrogen-bond donors (Lipinski definition) is 1. The van der Waals surface area contributed by atoms with Crippen LogP contribution in [-0.2, 0) is 4.79 Å². The quantitative estimate of drug-likeness (QED) is 0.919. The van der Waals surface area contributed by atoms with Crippen molar-refractivity contribution in [2.24, 2.45) is 5.92 Å². The highest BCUT2D eigenvalue weighted by Crippen LogP contribution is 2.24. The summed E-state index contributed by atoms with van der Waals surface area (Å²) in [5.74, 6) is 0.575. The Hall–Kier alpha value is -2.08. The SMILES string of the molecule is CC(C)C(=O)NC1CCCN(c2nc(-c3cccc(Cl)c3)no2)C1. The van der Waals surface area contributed by atoms with E-state index in [-0.39, 0.29) is 17.9 Å². The number of nitrogens with one attached hydrogen (secondary N) is 1. The van der Waals surface area contributed by atoms with E-state index in [1.807, 2.05) is 30.9 Å². The van der Waals surface area contributed by atoms with Gasteiger partial charge in [0.15, 0.2) is 0 Å². The zero-order chi connectivity index (χ0) is 17.1. The number of benzene rings is 1. The third kappa shape index (κ3) is 3.87. The lowest BCUT2D eigenvalue weighted by Gasteiger charge is -2.32. The van der Waals surface area contributed by atoms with Gasteiger partial charge in [-0.15, -0.1) is 0 Å². The summed E-state index contributed by atoms with van der Waals surface area (Å²) in [7, 11) is 0. The van der Waals surface area contributed by atoms with E-state index in [2.05, 4.69) is 15.5 Å². The molecule has 3 rings (SSSR count). The predicted molar refractivity (Wildman–Crippen MR) is 93.0 cm³/mol. The molecule has 0 saturated carbocycles. The van der Waals surface area contributed by atoms with E-state index in [4.69, 9.17) is 16.1 Å². The van der Waals surface area contributed by atoms with Crippen LogP contribution in [0.2, 0.25) is 5.02 Å². The molecule has 0 bridgehead atoms. The number of anilines is 1. The van der Waals surface area contributed by atoms with Crippen molar-refractivity contribution in [2.75, 3.05) is 18.0 Å². The van der Waals surface area contributed by atoms with E-state index in [0.717, 1.165) is 24.9 Å². The van der Waals surface area contributed by atoms with Gasteiger partial charge in [-0.2, -0.15) is 4.98 Å². The Balaban J connectivity index is 1.69. The van der Waals surface area contributed by atoms with Crippen molar-refractivity contribution in [3.63, 3.8) is 0 Å². The maximum Gasteiger partial charge on any atom is 0.324 e. The van der Waals surface area contributed by atoms with Crippen molar-refractivity contribution in [3.05, 3.63) is 29.3 Å². The number of hydrogen-bond acceptors (Lipinski definition) is 5. The van der Waals surface area contributed by atoms with Crippen molar-refractivity contribution in [1.82, 2.24) is 15.5 Å². The van der Waals surface area contributed by atoms with Gasteiger partial charge in [0, 0.05) is 35.6 Å². The van der Waals surface area contributed by atoms with Gasteiger partial charge in [0.1, 0.15) is 0 Å². The van der Waals surface area contributed by atoms with Crippen molar-refractivity contribution in [3.8, 4) is 11.4 Å². The molecule has 6 nitrogen and oxygen atoms in total. The Morgan fingerprint density at radius 2 is 2.29 bits per heavy atom. The fourth-order valence-corrected chi connectivity index (χ4v) is 2.92. The lowest BCUT2D eigenvalue weighted by molar-refractivity contribution is -0.124. The average molecular weight is 349 g/mol. The first-order valence-electron chi connectivity index (χ1n) is 8.18. The Labute approximate surface area is 146 Å². The van der Waals surface area contributed by atoms with Crippen LogP contribution < -0.4 is 10.2 Å². The molecule has 1 fully saturated rings. The summed E-state index contributed by atoms with van der Waals surface area (Å²) in [6.07, 6.45) is 1.93. The van der Waals surface area contributed by atoms with Gasteiger partial charge in [-0.25, -0.2) is 0 Å². The first kappa shape index (κ1) is 16.8. The lowest BCUT2D eigenvalue weighted by atomic mass is 10.1. The minimum atomic E-state index is -0.0155. The van der Waals surface area contributed by atoms with Crippen LogP contribution in [0, 0.1) is 5.92 Å². The Kier molecular flexibility index (Phi) is 5.04. The van der Waals surface area contributed by atoms with Gasteiger partial charge in [0.05, 0.1) is 0 Å². The first-order chi connectivity index (χ1) is 11.5. The minimum Gasteiger partial charge on any atom is -0.351 e. The van der Waals surface area contributed by atoms with Crippen molar-refractivity contribution in [1.29, 1.82) is 0 Å². The molecule has 1 amide bonds. The molecular weight excluding hydrogens is 328 g/mol. The third-order valence-corrected chi connectivity index (χ3v) is 4.30. The molecule has 1 aliphatic heterocycles.